The Morgan fingerprint density at radius 2 is 1.80 bits per heavy atom. The van der Waals surface area contributed by atoms with Crippen molar-refractivity contribution in [2.45, 2.75) is 52.1 Å². The van der Waals surface area contributed by atoms with E-state index in [1.165, 1.54) is 24.0 Å². The third-order valence-corrected chi connectivity index (χ3v) is 8.35. The van der Waals surface area contributed by atoms with Gasteiger partial charge < -0.3 is 14.4 Å². The van der Waals surface area contributed by atoms with E-state index < -0.39 is 0 Å². The molecule has 1 aliphatic carbocycles. The van der Waals surface area contributed by atoms with Crippen LogP contribution in [0.4, 0.5) is 5.69 Å². The minimum atomic E-state index is -0.0346. The van der Waals surface area contributed by atoms with Gasteiger partial charge in [-0.15, -0.1) is 0 Å². The van der Waals surface area contributed by atoms with Gasteiger partial charge in [0.2, 0.25) is 0 Å². The Balaban J connectivity index is 1.27. The van der Waals surface area contributed by atoms with Gasteiger partial charge in [0.15, 0.2) is 0 Å². The van der Waals surface area contributed by atoms with Gasteiger partial charge in [0, 0.05) is 48.8 Å². The number of carbonyl (C=O) groups is 2. The molecule has 0 spiro atoms. The summed E-state index contributed by atoms with van der Waals surface area (Å²) in [5, 5.41) is 0. The highest BCUT2D eigenvalue weighted by atomic mass is 16.2. The van der Waals surface area contributed by atoms with Gasteiger partial charge in [0.05, 0.1) is 13.1 Å². The van der Waals surface area contributed by atoms with Crippen molar-refractivity contribution in [1.29, 1.82) is 0 Å². The van der Waals surface area contributed by atoms with Crippen molar-refractivity contribution in [3.8, 4) is 0 Å². The summed E-state index contributed by atoms with van der Waals surface area (Å²) in [5.74, 6) is -0.0626. The van der Waals surface area contributed by atoms with Crippen LogP contribution in [0.1, 0.15) is 74.6 Å². The highest BCUT2D eigenvalue weighted by Crippen LogP contribution is 2.33. The lowest BCUT2D eigenvalue weighted by molar-refractivity contribution is 0.0785. The first kappa shape index (κ1) is 26.8. The maximum atomic E-state index is 14.1. The van der Waals surface area contributed by atoms with E-state index >= 15 is 0 Å². The Labute approximate surface area is 241 Å². The fourth-order valence-electron chi connectivity index (χ4n) is 6.05. The molecule has 0 unspecified atom stereocenters. The van der Waals surface area contributed by atoms with Crippen molar-refractivity contribution in [1.82, 2.24) is 14.5 Å². The number of hydrogen-bond acceptors (Lipinski definition) is 3. The maximum Gasteiger partial charge on any atom is 0.270 e. The number of fused-ring (bicyclic) bond motifs is 2. The predicted octanol–water partition coefficient (Wildman–Crippen LogP) is 6.67. The van der Waals surface area contributed by atoms with Crippen LogP contribution in [0.5, 0.6) is 0 Å². The van der Waals surface area contributed by atoms with Crippen LogP contribution >= 0.6 is 0 Å². The number of anilines is 1. The molecule has 0 fully saturated rings. The van der Waals surface area contributed by atoms with Gasteiger partial charge in [-0.1, -0.05) is 36.4 Å². The van der Waals surface area contributed by atoms with Gasteiger partial charge in [0.25, 0.3) is 11.8 Å². The second-order valence-electron chi connectivity index (χ2n) is 11.1. The number of likely N-dealkylation sites (N-methyl/N-ethyl adjacent to an activating group) is 1. The summed E-state index contributed by atoms with van der Waals surface area (Å²) in [6, 6.07) is 23.9. The van der Waals surface area contributed by atoms with E-state index in [0.29, 0.717) is 37.3 Å². The molecule has 41 heavy (non-hydrogen) atoms. The quantitative estimate of drug-likeness (QED) is 0.272. The fourth-order valence-corrected chi connectivity index (χ4v) is 6.05. The van der Waals surface area contributed by atoms with Gasteiger partial charge in [-0.25, -0.2) is 0 Å². The van der Waals surface area contributed by atoms with Crippen LogP contribution in [0.2, 0.25) is 0 Å². The summed E-state index contributed by atoms with van der Waals surface area (Å²) in [6.45, 7) is 3.60. The number of benzene rings is 2. The minimum Gasteiger partial charge on any atom is -0.340 e. The Morgan fingerprint density at radius 1 is 0.951 bits per heavy atom. The Kier molecular flexibility index (Phi) is 7.55. The summed E-state index contributed by atoms with van der Waals surface area (Å²) >= 11 is 0. The monoisotopic (exact) mass is 544 g/mol. The van der Waals surface area contributed by atoms with Crippen LogP contribution < -0.4 is 4.90 Å². The maximum absolute atomic E-state index is 14.1. The molecular weight excluding hydrogens is 508 g/mol. The van der Waals surface area contributed by atoms with Gasteiger partial charge in [0.1, 0.15) is 5.69 Å². The first-order valence-corrected chi connectivity index (χ1v) is 14.5. The Bertz CT molecular complexity index is 1620. The first-order valence-electron chi connectivity index (χ1n) is 14.5. The average molecular weight is 545 g/mol. The standard InChI is InChI=1S/C35H36N4O2/c1-25-22-27(15-17-31(25)26-10-4-3-5-11-26)34(40)39-24-30-16-18-33(38(30)23-28-12-6-7-14-32(28)39)35(41)37(2)21-19-29-13-8-9-20-36-29/h6-10,12-18,20,22H,3-5,11,19,21,23-24H2,1-2H3. The molecule has 6 rings (SSSR count). The number of aryl methyl sites for hydroxylation is 1. The first-order chi connectivity index (χ1) is 20.0. The van der Waals surface area contributed by atoms with Gasteiger partial charge in [-0.3, -0.25) is 14.6 Å². The molecule has 0 radical (unpaired) electrons. The molecule has 1 aliphatic heterocycles. The van der Waals surface area contributed by atoms with E-state index in [1.807, 2.05) is 78.7 Å². The zero-order valence-electron chi connectivity index (χ0n) is 23.8. The van der Waals surface area contributed by atoms with E-state index in [0.717, 1.165) is 41.0 Å². The molecule has 6 nitrogen and oxygen atoms in total. The van der Waals surface area contributed by atoms with E-state index in [4.69, 9.17) is 0 Å². The van der Waals surface area contributed by atoms with Crippen molar-refractivity contribution < 1.29 is 9.59 Å². The predicted molar refractivity (Wildman–Crippen MR) is 163 cm³/mol. The van der Waals surface area contributed by atoms with Gasteiger partial charge >= 0.3 is 0 Å². The molecule has 0 N–H and O–H groups in total. The Morgan fingerprint density at radius 3 is 2.59 bits per heavy atom. The third-order valence-electron chi connectivity index (χ3n) is 8.35. The molecule has 0 saturated carbocycles. The van der Waals surface area contributed by atoms with Crippen molar-refractivity contribution in [2.24, 2.45) is 0 Å². The number of para-hydroxylation sites is 1. The van der Waals surface area contributed by atoms with Crippen LogP contribution in [0.15, 0.2) is 85.1 Å². The number of aromatic nitrogens is 2. The topological polar surface area (TPSA) is 58.4 Å². The van der Waals surface area contributed by atoms with E-state index in [-0.39, 0.29) is 11.8 Å². The highest BCUT2D eigenvalue weighted by molar-refractivity contribution is 6.07. The Hall–Kier alpha value is -4.45. The summed E-state index contributed by atoms with van der Waals surface area (Å²) in [7, 11) is 1.83. The highest BCUT2D eigenvalue weighted by Gasteiger charge is 2.28. The summed E-state index contributed by atoms with van der Waals surface area (Å²) < 4.78 is 2.07. The van der Waals surface area contributed by atoms with Crippen LogP contribution in [0.25, 0.3) is 5.57 Å². The number of hydrogen-bond donors (Lipinski definition) is 0. The number of rotatable bonds is 6. The molecule has 6 heteroatoms. The molecule has 0 bridgehead atoms. The van der Waals surface area contributed by atoms with Crippen molar-refractivity contribution in [2.75, 3.05) is 18.5 Å². The number of amides is 2. The molecule has 208 valence electrons. The van der Waals surface area contributed by atoms with Gasteiger partial charge in [-0.05, 0) is 97.3 Å². The molecule has 4 aromatic rings. The van der Waals surface area contributed by atoms with Crippen LogP contribution in [-0.4, -0.2) is 39.9 Å². The van der Waals surface area contributed by atoms with Crippen molar-refractivity contribution >= 4 is 23.1 Å². The van der Waals surface area contributed by atoms with Crippen molar-refractivity contribution in [3.05, 3.63) is 124 Å². The van der Waals surface area contributed by atoms with Crippen LogP contribution in [-0.2, 0) is 19.5 Å². The molecule has 2 aliphatic rings. The SMILES string of the molecule is Cc1cc(C(=O)N2Cc3ccc(C(=O)N(C)CCc4ccccn4)n3Cc3ccccc32)ccc1C1=CCCCC1. The van der Waals surface area contributed by atoms with Crippen LogP contribution in [0.3, 0.4) is 0 Å². The molecule has 0 saturated heterocycles. The fraction of sp³-hybridized carbons (Fsp3) is 0.286. The zero-order valence-corrected chi connectivity index (χ0v) is 23.8. The lowest BCUT2D eigenvalue weighted by Crippen LogP contribution is -2.31. The molecule has 0 atom stereocenters. The molecule has 3 heterocycles. The zero-order chi connectivity index (χ0) is 28.3. The number of carbonyl (C=O) groups excluding carboxylic acids is 2. The lowest BCUT2D eigenvalue weighted by Gasteiger charge is -2.23. The smallest absolute Gasteiger partial charge is 0.270 e. The molecule has 2 aromatic carbocycles. The number of pyridine rings is 1. The largest absolute Gasteiger partial charge is 0.340 e. The second-order valence-corrected chi connectivity index (χ2v) is 11.1. The molecular formula is C35H36N4O2. The number of allylic oxidation sites excluding steroid dienone is 2. The second kappa shape index (κ2) is 11.6. The van der Waals surface area contributed by atoms with Crippen LogP contribution in [0, 0.1) is 6.92 Å². The van der Waals surface area contributed by atoms with Gasteiger partial charge in [-0.2, -0.15) is 0 Å². The van der Waals surface area contributed by atoms with E-state index in [2.05, 4.69) is 28.6 Å². The van der Waals surface area contributed by atoms with E-state index in [9.17, 15) is 9.59 Å². The number of nitrogens with zero attached hydrogens (tertiary/aromatic N) is 4. The molecule has 2 amide bonds. The lowest BCUT2D eigenvalue weighted by atomic mass is 9.90. The average Bonchev–Trinajstić information content (AvgIpc) is 3.32. The summed E-state index contributed by atoms with van der Waals surface area (Å²) in [4.78, 5) is 35.6. The minimum absolute atomic E-state index is 0.0280. The third kappa shape index (κ3) is 5.47. The van der Waals surface area contributed by atoms with E-state index in [1.54, 1.807) is 11.1 Å². The summed E-state index contributed by atoms with van der Waals surface area (Å²) in [6.07, 6.45) is 9.52. The normalized spacial score (nSPS) is 14.5. The molecule has 2 aromatic heterocycles. The van der Waals surface area contributed by atoms with Crippen molar-refractivity contribution in [3.63, 3.8) is 0 Å². The summed E-state index contributed by atoms with van der Waals surface area (Å²) in [5.41, 5.74) is 8.91.